The zero-order valence-electron chi connectivity index (χ0n) is 14.9. The minimum Gasteiger partial charge on any atom is -0.466 e. The largest absolute Gasteiger partial charge is 0.466 e. The maximum Gasteiger partial charge on any atom is 0.318 e. The van der Waals surface area contributed by atoms with E-state index < -0.39 is 29.8 Å². The van der Waals surface area contributed by atoms with E-state index >= 15 is 0 Å². The number of carbonyl (C=O) groups is 1. The second-order valence-electron chi connectivity index (χ2n) is 6.34. The third kappa shape index (κ3) is 4.53. The summed E-state index contributed by atoms with van der Waals surface area (Å²) >= 11 is 0. The lowest BCUT2D eigenvalue weighted by molar-refractivity contribution is -0.178. The van der Waals surface area contributed by atoms with Crippen LogP contribution in [0.25, 0.3) is 0 Å². The highest BCUT2D eigenvalue weighted by Gasteiger charge is 2.51. The van der Waals surface area contributed by atoms with Gasteiger partial charge in [0.25, 0.3) is 6.43 Å². The number of aryl methyl sites for hydroxylation is 1. The van der Waals surface area contributed by atoms with Crippen LogP contribution in [0.4, 0.5) is 8.78 Å². The van der Waals surface area contributed by atoms with Gasteiger partial charge >= 0.3 is 5.97 Å². The van der Waals surface area contributed by atoms with Crippen LogP contribution in [-0.4, -0.2) is 24.1 Å². The van der Waals surface area contributed by atoms with Crippen molar-refractivity contribution in [2.24, 2.45) is 11.8 Å². The molecule has 1 aromatic carbocycles. The van der Waals surface area contributed by atoms with Gasteiger partial charge in [-0.25, -0.2) is 8.78 Å². The highest BCUT2D eigenvalue weighted by atomic mass is 19.3. The number of halogens is 2. The quantitative estimate of drug-likeness (QED) is 0.680. The second-order valence-corrected chi connectivity index (χ2v) is 6.34. The van der Waals surface area contributed by atoms with Crippen LogP contribution in [0, 0.1) is 11.8 Å². The zero-order valence-corrected chi connectivity index (χ0v) is 14.9. The number of hydrogen-bond acceptors (Lipinski definition) is 3. The summed E-state index contributed by atoms with van der Waals surface area (Å²) in [5.41, 5.74) is -0.587. The Bertz CT molecular complexity index is 514. The van der Waals surface area contributed by atoms with Gasteiger partial charge < -0.3 is 9.84 Å². The van der Waals surface area contributed by atoms with Gasteiger partial charge in [-0.1, -0.05) is 51.5 Å². The molecule has 0 aromatic heterocycles. The molecule has 1 N–H and O–H groups in total. The fourth-order valence-corrected chi connectivity index (χ4v) is 2.90. The van der Waals surface area contributed by atoms with E-state index in [0.29, 0.717) is 5.56 Å². The molecule has 0 radical (unpaired) electrons. The maximum atomic E-state index is 13.6. The number of hydrogen-bond donors (Lipinski definition) is 1. The molecular weight excluding hydrogens is 314 g/mol. The van der Waals surface area contributed by atoms with Crippen molar-refractivity contribution in [1.29, 1.82) is 0 Å². The van der Waals surface area contributed by atoms with Crippen molar-refractivity contribution >= 4 is 5.97 Å². The van der Waals surface area contributed by atoms with Crippen molar-refractivity contribution < 1.29 is 23.4 Å². The smallest absolute Gasteiger partial charge is 0.318 e. The summed E-state index contributed by atoms with van der Waals surface area (Å²) < 4.78 is 32.0. The van der Waals surface area contributed by atoms with Crippen LogP contribution in [0.15, 0.2) is 24.3 Å². The van der Waals surface area contributed by atoms with Crippen molar-refractivity contribution in [3.05, 3.63) is 35.4 Å². The number of unbranched alkanes of at least 4 members (excludes halogenated alkanes) is 1. The van der Waals surface area contributed by atoms with Crippen molar-refractivity contribution in [3.63, 3.8) is 0 Å². The Morgan fingerprint density at radius 2 is 1.79 bits per heavy atom. The summed E-state index contributed by atoms with van der Waals surface area (Å²) in [4.78, 5) is 12.1. The van der Waals surface area contributed by atoms with Gasteiger partial charge in [0.15, 0.2) is 5.92 Å². The molecule has 136 valence electrons. The number of ether oxygens (including phenoxy) is 1. The minimum absolute atomic E-state index is 0.00775. The van der Waals surface area contributed by atoms with E-state index in [1.807, 2.05) is 12.1 Å². The van der Waals surface area contributed by atoms with Gasteiger partial charge in [-0.05, 0) is 36.8 Å². The van der Waals surface area contributed by atoms with E-state index in [4.69, 9.17) is 4.74 Å². The first-order chi connectivity index (χ1) is 11.3. The number of carbonyl (C=O) groups excluding carboxylic acids is 1. The first-order valence-electron chi connectivity index (χ1n) is 8.55. The number of alkyl halides is 2. The van der Waals surface area contributed by atoms with E-state index in [2.05, 4.69) is 6.92 Å². The molecule has 24 heavy (non-hydrogen) atoms. The van der Waals surface area contributed by atoms with E-state index in [1.165, 1.54) is 0 Å². The van der Waals surface area contributed by atoms with Gasteiger partial charge in [-0.15, -0.1) is 0 Å². The Morgan fingerprint density at radius 1 is 1.21 bits per heavy atom. The first kappa shape index (κ1) is 20.6. The molecule has 3 nitrogen and oxygen atoms in total. The molecule has 5 heteroatoms. The molecular formula is C19H28F2O3. The summed E-state index contributed by atoms with van der Waals surface area (Å²) in [7, 11) is 0. The second kappa shape index (κ2) is 9.11. The number of aliphatic hydroxyl groups is 1. The van der Waals surface area contributed by atoms with E-state index in [-0.39, 0.29) is 6.61 Å². The van der Waals surface area contributed by atoms with Gasteiger partial charge in [-0.2, -0.15) is 0 Å². The van der Waals surface area contributed by atoms with Gasteiger partial charge in [0.05, 0.1) is 6.61 Å². The van der Waals surface area contributed by atoms with Crippen molar-refractivity contribution in [1.82, 2.24) is 0 Å². The fraction of sp³-hybridized carbons (Fsp3) is 0.632. The maximum absolute atomic E-state index is 13.6. The Hall–Kier alpha value is -1.49. The Morgan fingerprint density at radius 3 is 2.21 bits per heavy atom. The molecule has 0 saturated heterocycles. The average Bonchev–Trinajstić information content (AvgIpc) is 2.53. The number of esters is 1. The fourth-order valence-electron chi connectivity index (χ4n) is 2.90. The summed E-state index contributed by atoms with van der Waals surface area (Å²) in [6, 6.07) is 6.93. The van der Waals surface area contributed by atoms with Crippen molar-refractivity contribution in [3.8, 4) is 0 Å². The van der Waals surface area contributed by atoms with Crippen LogP contribution in [-0.2, 0) is 21.6 Å². The lowest BCUT2D eigenvalue weighted by atomic mass is 9.73. The van der Waals surface area contributed by atoms with E-state index in [1.54, 1.807) is 32.9 Å². The topological polar surface area (TPSA) is 46.5 Å². The number of benzene rings is 1. The molecule has 1 aromatic rings. The Kier molecular flexibility index (Phi) is 7.80. The third-order valence-electron chi connectivity index (χ3n) is 4.38. The van der Waals surface area contributed by atoms with Crippen LogP contribution in [0.1, 0.15) is 51.7 Å². The highest BCUT2D eigenvalue weighted by Crippen LogP contribution is 2.41. The zero-order chi connectivity index (χ0) is 18.3. The van der Waals surface area contributed by atoms with Crippen LogP contribution in [0.5, 0.6) is 0 Å². The molecule has 0 bridgehead atoms. The summed E-state index contributed by atoms with van der Waals surface area (Å²) in [5.74, 6) is -3.57. The van der Waals surface area contributed by atoms with Gasteiger partial charge in [0.1, 0.15) is 5.60 Å². The van der Waals surface area contributed by atoms with Crippen molar-refractivity contribution in [2.45, 2.75) is 59.0 Å². The molecule has 0 heterocycles. The molecule has 0 fully saturated rings. The first-order valence-corrected chi connectivity index (χ1v) is 8.55. The van der Waals surface area contributed by atoms with Gasteiger partial charge in [0, 0.05) is 0 Å². The minimum atomic E-state index is -3.02. The normalized spacial score (nSPS) is 15.4. The summed E-state index contributed by atoms with van der Waals surface area (Å²) in [6.07, 6.45) is -0.0201. The van der Waals surface area contributed by atoms with Crippen LogP contribution in [0.2, 0.25) is 0 Å². The lowest BCUT2D eigenvalue weighted by Crippen LogP contribution is -2.48. The molecule has 1 rings (SSSR count). The molecule has 2 unspecified atom stereocenters. The van der Waals surface area contributed by atoms with Crippen LogP contribution in [0.3, 0.4) is 0 Å². The predicted molar refractivity (Wildman–Crippen MR) is 89.9 cm³/mol. The molecule has 2 atom stereocenters. The van der Waals surface area contributed by atoms with Crippen molar-refractivity contribution in [2.75, 3.05) is 6.61 Å². The average molecular weight is 342 g/mol. The van der Waals surface area contributed by atoms with Crippen LogP contribution < -0.4 is 0 Å². The van der Waals surface area contributed by atoms with E-state index in [9.17, 15) is 18.7 Å². The van der Waals surface area contributed by atoms with Gasteiger partial charge in [-0.3, -0.25) is 4.79 Å². The molecule has 0 spiro atoms. The standard InChI is InChI=1S/C19H28F2O3/c1-5-7-8-14-9-11-15(12-10-14)19(23,13(3)4)16(17(20)21)18(22)24-6-2/h9-13,16-17,23H,5-8H2,1-4H3. The molecule has 0 aliphatic carbocycles. The van der Waals surface area contributed by atoms with Gasteiger partial charge in [0.2, 0.25) is 0 Å². The third-order valence-corrected chi connectivity index (χ3v) is 4.38. The lowest BCUT2D eigenvalue weighted by Gasteiger charge is -2.38. The monoisotopic (exact) mass is 342 g/mol. The van der Waals surface area contributed by atoms with Crippen LogP contribution >= 0.6 is 0 Å². The molecule has 0 saturated carbocycles. The highest BCUT2D eigenvalue weighted by molar-refractivity contribution is 5.75. The molecule has 0 aliphatic rings. The molecule has 0 amide bonds. The SMILES string of the molecule is CCCCc1ccc(C(O)(C(C)C)C(C(=O)OCC)C(F)F)cc1. The summed E-state index contributed by atoms with van der Waals surface area (Å²) in [6.45, 7) is 6.89. The van der Waals surface area contributed by atoms with E-state index in [0.717, 1.165) is 24.8 Å². The summed E-state index contributed by atoms with van der Waals surface area (Å²) in [5, 5.41) is 11.1. The Balaban J connectivity index is 3.24. The predicted octanol–water partition coefficient (Wildman–Crippen LogP) is 4.32. The molecule has 0 aliphatic heterocycles. The Labute approximate surface area is 143 Å². The number of rotatable bonds is 9.